The van der Waals surface area contributed by atoms with Crippen LogP contribution in [0.2, 0.25) is 5.02 Å². The monoisotopic (exact) mass is 341 g/mol. The van der Waals surface area contributed by atoms with Gasteiger partial charge in [0.1, 0.15) is 0 Å². The zero-order valence-electron chi connectivity index (χ0n) is 13.0. The van der Waals surface area contributed by atoms with Crippen molar-refractivity contribution in [2.24, 2.45) is 0 Å². The molecule has 0 unspecified atom stereocenters. The molecule has 2 aromatic heterocycles. The highest BCUT2D eigenvalue weighted by atomic mass is 35.5. The highest BCUT2D eigenvalue weighted by molar-refractivity contribution is 6.30. The number of H-pyrrole nitrogens is 1. The van der Waals surface area contributed by atoms with E-state index in [9.17, 15) is 4.79 Å². The number of aromatic amines is 1. The number of pyridine rings is 1. The number of halogens is 1. The topological polar surface area (TPSA) is 73.9 Å². The largest absolute Gasteiger partial charge is 0.322 e. The van der Waals surface area contributed by atoms with E-state index in [1.54, 1.807) is 36.7 Å². The van der Waals surface area contributed by atoms with Gasteiger partial charge in [-0.05, 0) is 35.4 Å². The molecule has 24 heavy (non-hydrogen) atoms. The number of rotatable bonds is 4. The lowest BCUT2D eigenvalue weighted by Crippen LogP contribution is -2.35. The summed E-state index contributed by atoms with van der Waals surface area (Å²) in [4.78, 5) is 18.3. The molecule has 0 saturated heterocycles. The summed E-state index contributed by atoms with van der Waals surface area (Å²) in [5.41, 5.74) is 2.52. The van der Waals surface area contributed by atoms with Crippen molar-refractivity contribution in [3.8, 4) is 0 Å². The summed E-state index contributed by atoms with van der Waals surface area (Å²) in [6, 6.07) is 10.7. The van der Waals surface area contributed by atoms with E-state index in [-0.39, 0.29) is 12.1 Å². The van der Waals surface area contributed by atoms with Crippen molar-refractivity contribution in [1.82, 2.24) is 20.1 Å². The first-order valence-electron chi connectivity index (χ1n) is 7.33. The number of hydrogen-bond donors (Lipinski definition) is 2. The van der Waals surface area contributed by atoms with Gasteiger partial charge in [0.05, 0.1) is 17.9 Å². The Hall–Kier alpha value is -2.86. The fourth-order valence-corrected chi connectivity index (χ4v) is 2.60. The van der Waals surface area contributed by atoms with Crippen LogP contribution in [-0.2, 0) is 0 Å². The third kappa shape index (κ3) is 3.55. The van der Waals surface area contributed by atoms with Gasteiger partial charge in [0, 0.05) is 30.7 Å². The molecule has 1 atom stereocenters. The Morgan fingerprint density at radius 1 is 1.17 bits per heavy atom. The number of amides is 2. The van der Waals surface area contributed by atoms with Gasteiger partial charge in [0.2, 0.25) is 0 Å². The van der Waals surface area contributed by atoms with Crippen molar-refractivity contribution >= 4 is 23.3 Å². The van der Waals surface area contributed by atoms with Gasteiger partial charge >= 0.3 is 6.03 Å². The normalized spacial score (nSPS) is 11.8. The molecule has 0 saturated carbocycles. The molecule has 0 bridgehead atoms. The molecule has 3 rings (SSSR count). The predicted molar refractivity (Wildman–Crippen MR) is 92.9 cm³/mol. The van der Waals surface area contributed by atoms with Gasteiger partial charge in [-0.2, -0.15) is 5.10 Å². The van der Waals surface area contributed by atoms with Crippen LogP contribution in [-0.4, -0.2) is 33.2 Å². The molecule has 7 heteroatoms. The van der Waals surface area contributed by atoms with E-state index in [4.69, 9.17) is 11.6 Å². The van der Waals surface area contributed by atoms with Crippen LogP contribution in [0.25, 0.3) is 0 Å². The molecular weight excluding hydrogens is 326 g/mol. The van der Waals surface area contributed by atoms with E-state index < -0.39 is 0 Å². The molecule has 2 amide bonds. The van der Waals surface area contributed by atoms with Crippen molar-refractivity contribution in [2.75, 3.05) is 12.4 Å². The molecule has 0 radical (unpaired) electrons. The first-order valence-corrected chi connectivity index (χ1v) is 7.71. The minimum absolute atomic E-state index is 0.242. The van der Waals surface area contributed by atoms with Crippen molar-refractivity contribution in [3.05, 3.63) is 77.3 Å². The second kappa shape index (κ2) is 7.14. The van der Waals surface area contributed by atoms with Gasteiger partial charge in [-0.3, -0.25) is 10.1 Å². The second-order valence-corrected chi connectivity index (χ2v) is 5.70. The van der Waals surface area contributed by atoms with E-state index in [2.05, 4.69) is 20.5 Å². The first kappa shape index (κ1) is 16.0. The average molecular weight is 342 g/mol. The molecule has 2 N–H and O–H groups in total. The SMILES string of the molecule is CN(C(=O)Nc1cn[nH]c1)[C@H](c1ccncc1)c1ccc(Cl)cc1. The average Bonchev–Trinajstić information content (AvgIpc) is 3.10. The van der Waals surface area contributed by atoms with E-state index in [1.165, 1.54) is 0 Å². The number of nitrogens with zero attached hydrogens (tertiary/aromatic N) is 3. The number of urea groups is 1. The standard InChI is InChI=1S/C17H16ClN5O/c1-23(17(24)22-15-10-20-21-11-15)16(13-6-8-19-9-7-13)12-2-4-14(18)5-3-12/h2-11,16H,1H3,(H,20,21)(H,22,24)/t16-/m0/s1. The van der Waals surface area contributed by atoms with E-state index in [0.29, 0.717) is 10.7 Å². The number of aromatic nitrogens is 3. The van der Waals surface area contributed by atoms with Gasteiger partial charge in [0.15, 0.2) is 0 Å². The second-order valence-electron chi connectivity index (χ2n) is 5.26. The minimum atomic E-state index is -0.267. The molecule has 6 nitrogen and oxygen atoms in total. The zero-order chi connectivity index (χ0) is 16.9. The minimum Gasteiger partial charge on any atom is -0.316 e. The maximum atomic E-state index is 12.6. The van der Waals surface area contributed by atoms with Gasteiger partial charge in [-0.25, -0.2) is 4.79 Å². The Kier molecular flexibility index (Phi) is 4.77. The van der Waals surface area contributed by atoms with Crippen LogP contribution in [0.15, 0.2) is 61.2 Å². The quantitative estimate of drug-likeness (QED) is 0.759. The summed E-state index contributed by atoms with van der Waals surface area (Å²) >= 11 is 5.99. The lowest BCUT2D eigenvalue weighted by molar-refractivity contribution is 0.212. The van der Waals surface area contributed by atoms with Gasteiger partial charge in [-0.15, -0.1) is 0 Å². The fraction of sp³-hybridized carbons (Fsp3) is 0.118. The van der Waals surface area contributed by atoms with Crippen LogP contribution in [0.3, 0.4) is 0 Å². The molecule has 3 aromatic rings. The third-order valence-corrected chi connectivity index (χ3v) is 3.92. The fourth-order valence-electron chi connectivity index (χ4n) is 2.48. The van der Waals surface area contributed by atoms with Crippen LogP contribution in [0.4, 0.5) is 10.5 Å². The van der Waals surface area contributed by atoms with E-state index in [0.717, 1.165) is 11.1 Å². The molecule has 0 aliphatic carbocycles. The predicted octanol–water partition coefficient (Wildman–Crippen LogP) is 3.71. The number of nitrogens with one attached hydrogen (secondary N) is 2. The molecule has 122 valence electrons. The summed E-state index contributed by atoms with van der Waals surface area (Å²) < 4.78 is 0. The van der Waals surface area contributed by atoms with Crippen molar-refractivity contribution in [2.45, 2.75) is 6.04 Å². The van der Waals surface area contributed by atoms with E-state index in [1.807, 2.05) is 36.4 Å². The van der Waals surface area contributed by atoms with Crippen LogP contribution in [0.1, 0.15) is 17.2 Å². The van der Waals surface area contributed by atoms with Crippen LogP contribution >= 0.6 is 11.6 Å². The lowest BCUT2D eigenvalue weighted by atomic mass is 9.98. The smallest absolute Gasteiger partial charge is 0.316 e. The first-order chi connectivity index (χ1) is 11.6. The van der Waals surface area contributed by atoms with Crippen molar-refractivity contribution in [3.63, 3.8) is 0 Å². The zero-order valence-corrected chi connectivity index (χ0v) is 13.7. The summed E-state index contributed by atoms with van der Waals surface area (Å²) in [6.07, 6.45) is 6.59. The van der Waals surface area contributed by atoms with Gasteiger partial charge in [-0.1, -0.05) is 23.7 Å². The summed E-state index contributed by atoms with van der Waals surface area (Å²) in [6.45, 7) is 0. The lowest BCUT2D eigenvalue weighted by Gasteiger charge is -2.29. The Labute approximate surface area is 144 Å². The Morgan fingerprint density at radius 3 is 2.46 bits per heavy atom. The maximum Gasteiger partial charge on any atom is 0.322 e. The van der Waals surface area contributed by atoms with Crippen molar-refractivity contribution < 1.29 is 4.79 Å². The number of benzene rings is 1. The summed E-state index contributed by atoms with van der Waals surface area (Å²) in [5.74, 6) is 0. The summed E-state index contributed by atoms with van der Waals surface area (Å²) in [7, 11) is 1.75. The molecular formula is C17H16ClN5O. The third-order valence-electron chi connectivity index (χ3n) is 3.66. The molecule has 0 fully saturated rings. The Morgan fingerprint density at radius 2 is 1.83 bits per heavy atom. The van der Waals surface area contributed by atoms with Gasteiger partial charge in [0.25, 0.3) is 0 Å². The van der Waals surface area contributed by atoms with Crippen LogP contribution < -0.4 is 5.32 Å². The Bertz CT molecular complexity index is 790. The molecule has 2 heterocycles. The van der Waals surface area contributed by atoms with Crippen LogP contribution in [0.5, 0.6) is 0 Å². The Balaban J connectivity index is 1.91. The molecule has 0 spiro atoms. The molecule has 0 aliphatic rings. The highest BCUT2D eigenvalue weighted by Gasteiger charge is 2.23. The number of anilines is 1. The number of carbonyl (C=O) groups excluding carboxylic acids is 1. The molecule has 1 aromatic carbocycles. The van der Waals surface area contributed by atoms with E-state index >= 15 is 0 Å². The highest BCUT2D eigenvalue weighted by Crippen LogP contribution is 2.28. The van der Waals surface area contributed by atoms with Crippen LogP contribution in [0, 0.1) is 0 Å². The number of carbonyl (C=O) groups is 1. The number of hydrogen-bond acceptors (Lipinski definition) is 3. The maximum absolute atomic E-state index is 12.6. The molecule has 0 aliphatic heterocycles. The summed E-state index contributed by atoms with van der Waals surface area (Å²) in [5, 5.41) is 9.95. The van der Waals surface area contributed by atoms with Crippen molar-refractivity contribution in [1.29, 1.82) is 0 Å². The van der Waals surface area contributed by atoms with Gasteiger partial charge < -0.3 is 10.2 Å².